The quantitative estimate of drug-likeness (QED) is 0.549. The number of rotatable bonds is 9. The SMILES string of the molecule is CCOc1ccc(C(=O)OCC(=O)NC(=O)NCC2COc3ccccc3O2)cc1OCC. The van der Waals surface area contributed by atoms with Crippen molar-refractivity contribution < 1.29 is 38.1 Å². The molecule has 10 heteroatoms. The van der Waals surface area contributed by atoms with Crippen molar-refractivity contribution >= 4 is 17.9 Å². The van der Waals surface area contributed by atoms with Crippen LogP contribution < -0.4 is 29.6 Å². The number of carbonyl (C=O) groups excluding carboxylic acids is 3. The van der Waals surface area contributed by atoms with E-state index in [1.165, 1.54) is 12.1 Å². The normalized spacial score (nSPS) is 14.1. The summed E-state index contributed by atoms with van der Waals surface area (Å²) >= 11 is 0. The van der Waals surface area contributed by atoms with Crippen LogP contribution in [-0.2, 0) is 9.53 Å². The number of nitrogens with one attached hydrogen (secondary N) is 2. The summed E-state index contributed by atoms with van der Waals surface area (Å²) in [6.45, 7) is 4.23. The van der Waals surface area contributed by atoms with Crippen molar-refractivity contribution in [3.8, 4) is 23.0 Å². The molecule has 1 heterocycles. The zero-order valence-corrected chi connectivity index (χ0v) is 18.4. The molecule has 2 aromatic rings. The summed E-state index contributed by atoms with van der Waals surface area (Å²) < 4.78 is 27.2. The Balaban J connectivity index is 1.42. The predicted octanol–water partition coefficient (Wildman–Crippen LogP) is 2.31. The third-order valence-electron chi connectivity index (χ3n) is 4.42. The van der Waals surface area contributed by atoms with Gasteiger partial charge < -0.3 is 29.0 Å². The van der Waals surface area contributed by atoms with E-state index in [0.29, 0.717) is 36.2 Å². The highest BCUT2D eigenvalue weighted by molar-refractivity contribution is 5.97. The van der Waals surface area contributed by atoms with Gasteiger partial charge in [0.15, 0.2) is 35.7 Å². The van der Waals surface area contributed by atoms with Gasteiger partial charge in [0.05, 0.1) is 25.3 Å². The average Bonchev–Trinajstić information content (AvgIpc) is 2.82. The topological polar surface area (TPSA) is 121 Å². The van der Waals surface area contributed by atoms with Crippen molar-refractivity contribution in [2.75, 3.05) is 33.0 Å². The van der Waals surface area contributed by atoms with Crippen LogP contribution in [0, 0.1) is 0 Å². The second kappa shape index (κ2) is 11.6. The zero-order valence-electron chi connectivity index (χ0n) is 18.4. The van der Waals surface area contributed by atoms with Crippen molar-refractivity contribution in [3.63, 3.8) is 0 Å². The minimum atomic E-state index is -0.775. The molecule has 1 unspecified atom stereocenters. The Morgan fingerprint density at radius 3 is 2.48 bits per heavy atom. The Labute approximate surface area is 191 Å². The number of hydrogen-bond donors (Lipinski definition) is 2. The molecule has 2 N–H and O–H groups in total. The maximum atomic E-state index is 12.3. The largest absolute Gasteiger partial charge is 0.490 e. The van der Waals surface area contributed by atoms with Gasteiger partial charge in [-0.05, 0) is 44.2 Å². The van der Waals surface area contributed by atoms with Gasteiger partial charge in [-0.2, -0.15) is 0 Å². The van der Waals surface area contributed by atoms with Gasteiger partial charge in [-0.15, -0.1) is 0 Å². The molecule has 33 heavy (non-hydrogen) atoms. The molecule has 176 valence electrons. The van der Waals surface area contributed by atoms with Crippen LogP contribution in [0.15, 0.2) is 42.5 Å². The third-order valence-corrected chi connectivity index (χ3v) is 4.42. The van der Waals surface area contributed by atoms with E-state index < -0.39 is 30.6 Å². The smallest absolute Gasteiger partial charge is 0.338 e. The minimum absolute atomic E-state index is 0.125. The average molecular weight is 458 g/mol. The molecule has 0 fully saturated rings. The van der Waals surface area contributed by atoms with Crippen molar-refractivity contribution in [1.82, 2.24) is 10.6 Å². The predicted molar refractivity (Wildman–Crippen MR) is 117 cm³/mol. The van der Waals surface area contributed by atoms with Gasteiger partial charge in [0.2, 0.25) is 0 Å². The molecule has 0 saturated heterocycles. The first-order valence-electron chi connectivity index (χ1n) is 10.5. The summed E-state index contributed by atoms with van der Waals surface area (Å²) in [5.41, 5.74) is 0.189. The fourth-order valence-corrected chi connectivity index (χ4v) is 2.97. The molecular weight excluding hydrogens is 432 g/mol. The van der Waals surface area contributed by atoms with Crippen LogP contribution in [0.2, 0.25) is 0 Å². The Kier molecular flexibility index (Phi) is 8.34. The highest BCUT2D eigenvalue weighted by Crippen LogP contribution is 2.31. The maximum absolute atomic E-state index is 12.3. The summed E-state index contributed by atoms with van der Waals surface area (Å²) in [6.07, 6.45) is -0.405. The van der Waals surface area contributed by atoms with E-state index in [1.54, 1.807) is 18.2 Å². The van der Waals surface area contributed by atoms with Gasteiger partial charge in [0.25, 0.3) is 5.91 Å². The third kappa shape index (κ3) is 6.76. The number of urea groups is 1. The number of imide groups is 1. The van der Waals surface area contributed by atoms with Gasteiger partial charge in [-0.25, -0.2) is 9.59 Å². The first-order chi connectivity index (χ1) is 16.0. The van der Waals surface area contributed by atoms with Gasteiger partial charge in [-0.3, -0.25) is 10.1 Å². The summed E-state index contributed by atoms with van der Waals surface area (Å²) in [5, 5.41) is 4.62. The fourth-order valence-electron chi connectivity index (χ4n) is 2.97. The Bertz CT molecular complexity index is 994. The molecule has 0 aliphatic carbocycles. The zero-order chi connectivity index (χ0) is 23.6. The van der Waals surface area contributed by atoms with Crippen molar-refractivity contribution in [2.45, 2.75) is 20.0 Å². The van der Waals surface area contributed by atoms with Crippen molar-refractivity contribution in [3.05, 3.63) is 48.0 Å². The first kappa shape index (κ1) is 23.7. The number of amides is 3. The lowest BCUT2D eigenvalue weighted by Gasteiger charge is -2.26. The summed E-state index contributed by atoms with van der Waals surface area (Å²) in [6, 6.07) is 11.0. The first-order valence-corrected chi connectivity index (χ1v) is 10.5. The lowest BCUT2D eigenvalue weighted by atomic mass is 10.2. The maximum Gasteiger partial charge on any atom is 0.338 e. The lowest BCUT2D eigenvalue weighted by molar-refractivity contribution is -0.123. The van der Waals surface area contributed by atoms with E-state index in [-0.39, 0.29) is 18.7 Å². The number of carbonyl (C=O) groups is 3. The summed E-state index contributed by atoms with van der Waals surface area (Å²) in [5.74, 6) is 0.607. The van der Waals surface area contributed by atoms with Crippen LogP contribution in [0.5, 0.6) is 23.0 Å². The van der Waals surface area contributed by atoms with E-state index in [1.807, 2.05) is 26.0 Å². The molecule has 0 radical (unpaired) electrons. The highest BCUT2D eigenvalue weighted by atomic mass is 16.6. The molecule has 1 atom stereocenters. The van der Waals surface area contributed by atoms with E-state index in [9.17, 15) is 14.4 Å². The van der Waals surface area contributed by atoms with Crippen LogP contribution >= 0.6 is 0 Å². The molecule has 10 nitrogen and oxygen atoms in total. The number of ether oxygens (including phenoxy) is 5. The van der Waals surface area contributed by atoms with Crippen molar-refractivity contribution in [1.29, 1.82) is 0 Å². The van der Waals surface area contributed by atoms with E-state index >= 15 is 0 Å². The standard InChI is InChI=1S/C23H26N2O8/c1-3-29-18-10-9-15(11-20(18)30-4-2)22(27)32-14-21(26)25-23(28)24-12-16-13-31-17-7-5-6-8-19(17)33-16/h5-11,16H,3-4,12-14H2,1-2H3,(H2,24,25,26,28). The molecule has 1 aliphatic rings. The number of esters is 1. The van der Waals surface area contributed by atoms with Crippen LogP contribution in [0.25, 0.3) is 0 Å². The van der Waals surface area contributed by atoms with Gasteiger partial charge in [0.1, 0.15) is 6.61 Å². The number of fused-ring (bicyclic) bond motifs is 1. The van der Waals surface area contributed by atoms with E-state index in [2.05, 4.69) is 10.6 Å². The number of para-hydroxylation sites is 2. The minimum Gasteiger partial charge on any atom is -0.490 e. The van der Waals surface area contributed by atoms with Crippen LogP contribution in [0.1, 0.15) is 24.2 Å². The van der Waals surface area contributed by atoms with Crippen LogP contribution in [-0.4, -0.2) is 57.0 Å². The molecule has 0 saturated carbocycles. The lowest BCUT2D eigenvalue weighted by Crippen LogP contribution is -2.46. The summed E-state index contributed by atoms with van der Waals surface area (Å²) in [4.78, 5) is 36.2. The molecule has 3 rings (SSSR count). The Morgan fingerprint density at radius 2 is 1.73 bits per heavy atom. The molecule has 0 spiro atoms. The molecule has 3 amide bonds. The Morgan fingerprint density at radius 1 is 1.00 bits per heavy atom. The molecule has 2 aromatic carbocycles. The van der Waals surface area contributed by atoms with Gasteiger partial charge in [-0.1, -0.05) is 12.1 Å². The second-order valence-electron chi connectivity index (χ2n) is 6.86. The Hall–Kier alpha value is -3.95. The fraction of sp³-hybridized carbons (Fsp3) is 0.348. The van der Waals surface area contributed by atoms with Crippen LogP contribution in [0.3, 0.4) is 0 Å². The monoisotopic (exact) mass is 458 g/mol. The molecule has 1 aliphatic heterocycles. The summed E-state index contributed by atoms with van der Waals surface area (Å²) in [7, 11) is 0. The number of benzene rings is 2. The van der Waals surface area contributed by atoms with E-state index in [0.717, 1.165) is 0 Å². The number of hydrogen-bond acceptors (Lipinski definition) is 8. The van der Waals surface area contributed by atoms with Gasteiger partial charge in [0, 0.05) is 0 Å². The highest BCUT2D eigenvalue weighted by Gasteiger charge is 2.21. The molecular formula is C23H26N2O8. The van der Waals surface area contributed by atoms with Crippen molar-refractivity contribution in [2.24, 2.45) is 0 Å². The molecule has 0 aromatic heterocycles. The van der Waals surface area contributed by atoms with Crippen LogP contribution in [0.4, 0.5) is 4.79 Å². The second-order valence-corrected chi connectivity index (χ2v) is 6.86. The molecule has 0 bridgehead atoms. The van der Waals surface area contributed by atoms with E-state index in [4.69, 9.17) is 23.7 Å². The van der Waals surface area contributed by atoms with Gasteiger partial charge >= 0.3 is 12.0 Å².